The molecule has 6 nitrogen and oxygen atoms in total. The van der Waals surface area contributed by atoms with Gasteiger partial charge in [-0.2, -0.15) is 4.98 Å². The van der Waals surface area contributed by atoms with Gasteiger partial charge in [-0.3, -0.25) is 4.90 Å². The maximum absolute atomic E-state index is 5.87. The molecule has 2 heterocycles. The van der Waals surface area contributed by atoms with E-state index in [0.717, 1.165) is 33.8 Å². The highest BCUT2D eigenvalue weighted by Crippen LogP contribution is 2.39. The number of nitrogens with one attached hydrogen (secondary N) is 1. The van der Waals surface area contributed by atoms with Crippen LogP contribution in [0.1, 0.15) is 42.5 Å². The van der Waals surface area contributed by atoms with E-state index in [1.807, 2.05) is 73.3 Å². The fourth-order valence-electron chi connectivity index (χ4n) is 4.42. The molecular weight excluding hydrogens is 468 g/mol. The minimum atomic E-state index is -0.231. The molecule has 0 amide bonds. The van der Waals surface area contributed by atoms with Crippen LogP contribution in [0.4, 0.5) is 5.69 Å². The summed E-state index contributed by atoms with van der Waals surface area (Å²) in [5.41, 5.74) is 7.19. The molecule has 36 heavy (non-hydrogen) atoms. The molecule has 0 fully saturated rings. The van der Waals surface area contributed by atoms with E-state index in [0.29, 0.717) is 23.4 Å². The van der Waals surface area contributed by atoms with Gasteiger partial charge in [0.25, 0.3) is 5.89 Å². The lowest BCUT2D eigenvalue weighted by molar-refractivity contribution is 0.340. The highest BCUT2D eigenvalue weighted by Gasteiger charge is 2.34. The van der Waals surface area contributed by atoms with Gasteiger partial charge in [-0.25, -0.2) is 0 Å². The van der Waals surface area contributed by atoms with Crippen LogP contribution < -0.4 is 15.0 Å². The monoisotopic (exact) mass is 496 g/mol. The van der Waals surface area contributed by atoms with Crippen LogP contribution >= 0.6 is 12.2 Å². The number of hydrogen-bond donors (Lipinski definition) is 1. The van der Waals surface area contributed by atoms with E-state index in [1.54, 1.807) is 0 Å². The van der Waals surface area contributed by atoms with Crippen molar-refractivity contribution in [2.75, 3.05) is 11.5 Å². The Hall–Kier alpha value is -3.97. The molecule has 0 bridgehead atoms. The number of para-hydroxylation sites is 1. The molecule has 0 radical (unpaired) electrons. The number of rotatable bonds is 6. The number of thiocarbonyl (C=S) groups is 1. The topological polar surface area (TPSA) is 63.4 Å². The van der Waals surface area contributed by atoms with Crippen molar-refractivity contribution >= 4 is 28.6 Å². The summed E-state index contributed by atoms with van der Waals surface area (Å²) >= 11 is 5.84. The van der Waals surface area contributed by atoms with Crippen molar-refractivity contribution in [2.45, 2.75) is 33.7 Å². The van der Waals surface area contributed by atoms with Gasteiger partial charge in [-0.05, 0) is 93.0 Å². The maximum Gasteiger partial charge on any atom is 0.258 e. The van der Waals surface area contributed by atoms with Gasteiger partial charge in [0.15, 0.2) is 5.11 Å². The molecule has 7 heteroatoms. The molecule has 0 aliphatic carbocycles. The van der Waals surface area contributed by atoms with Crippen LogP contribution in [0, 0.1) is 13.8 Å². The number of anilines is 1. The Morgan fingerprint density at radius 3 is 2.42 bits per heavy atom. The standard InChI is InChI=1S/C29H28N4O2S/c1-5-34-24-15-13-21(14-16-24)27-31-28(35-32-27)25-20(4)33(23-9-7-6-8-10-23)29(36)30-26(25)22-12-11-18(2)19(3)17-22/h6-17,26H,5H2,1-4H3,(H,30,36). The summed E-state index contributed by atoms with van der Waals surface area (Å²) in [4.78, 5) is 6.83. The number of aryl methyl sites for hydroxylation is 2. The first-order valence-electron chi connectivity index (χ1n) is 12.0. The number of nitrogens with zero attached hydrogens (tertiary/aromatic N) is 3. The van der Waals surface area contributed by atoms with Gasteiger partial charge in [0.05, 0.1) is 18.2 Å². The summed E-state index contributed by atoms with van der Waals surface area (Å²) in [6.07, 6.45) is 0. The largest absolute Gasteiger partial charge is 0.494 e. The zero-order valence-electron chi connectivity index (χ0n) is 20.8. The Kier molecular flexibility index (Phi) is 6.57. The summed E-state index contributed by atoms with van der Waals surface area (Å²) < 4.78 is 11.4. The zero-order valence-corrected chi connectivity index (χ0v) is 21.6. The molecule has 0 spiro atoms. The molecule has 182 valence electrons. The van der Waals surface area contributed by atoms with Crippen LogP contribution in [-0.4, -0.2) is 21.9 Å². The Morgan fingerprint density at radius 1 is 0.972 bits per heavy atom. The van der Waals surface area contributed by atoms with E-state index in [1.165, 1.54) is 11.1 Å². The SMILES string of the molecule is CCOc1ccc(-c2noc(C3=C(C)N(c4ccccc4)C(=S)NC3c3ccc(C)c(C)c3)n2)cc1. The van der Waals surface area contributed by atoms with Gasteiger partial charge in [-0.15, -0.1) is 0 Å². The summed E-state index contributed by atoms with van der Waals surface area (Å²) in [6.45, 7) is 8.85. The van der Waals surface area contributed by atoms with Crippen molar-refractivity contribution in [1.82, 2.24) is 15.5 Å². The molecular formula is C29H28N4O2S. The molecule has 1 unspecified atom stereocenters. The fourth-order valence-corrected chi connectivity index (χ4v) is 4.78. The lowest BCUT2D eigenvalue weighted by Crippen LogP contribution is -2.46. The third-order valence-electron chi connectivity index (χ3n) is 6.44. The smallest absolute Gasteiger partial charge is 0.258 e. The first kappa shape index (κ1) is 23.8. The van der Waals surface area contributed by atoms with Crippen molar-refractivity contribution in [3.8, 4) is 17.1 Å². The lowest BCUT2D eigenvalue weighted by Gasteiger charge is -2.37. The third-order valence-corrected chi connectivity index (χ3v) is 6.74. The summed E-state index contributed by atoms with van der Waals surface area (Å²) in [7, 11) is 0. The molecule has 5 rings (SSSR count). The molecule has 1 aliphatic heterocycles. The van der Waals surface area contributed by atoms with E-state index < -0.39 is 0 Å². The molecule has 1 aliphatic rings. The van der Waals surface area contributed by atoms with E-state index in [9.17, 15) is 0 Å². The predicted molar refractivity (Wildman–Crippen MR) is 147 cm³/mol. The lowest BCUT2D eigenvalue weighted by atomic mass is 9.92. The Morgan fingerprint density at radius 2 is 1.72 bits per heavy atom. The van der Waals surface area contributed by atoms with Crippen molar-refractivity contribution in [3.63, 3.8) is 0 Å². The van der Waals surface area contributed by atoms with Gasteiger partial charge in [0, 0.05) is 16.9 Å². The van der Waals surface area contributed by atoms with E-state index in [2.05, 4.69) is 42.5 Å². The van der Waals surface area contributed by atoms with Crippen molar-refractivity contribution in [2.24, 2.45) is 0 Å². The minimum Gasteiger partial charge on any atom is -0.494 e. The number of hydrogen-bond acceptors (Lipinski definition) is 5. The average molecular weight is 497 g/mol. The second-order valence-electron chi connectivity index (χ2n) is 8.78. The quantitative estimate of drug-likeness (QED) is 0.301. The summed E-state index contributed by atoms with van der Waals surface area (Å²) in [6, 6.07) is 24.0. The molecule has 1 aromatic heterocycles. The summed E-state index contributed by atoms with van der Waals surface area (Å²) in [5.74, 6) is 1.78. The van der Waals surface area contributed by atoms with Crippen LogP contribution in [-0.2, 0) is 0 Å². The summed E-state index contributed by atoms with van der Waals surface area (Å²) in [5, 5.41) is 8.46. The van der Waals surface area contributed by atoms with Crippen LogP contribution in [0.3, 0.4) is 0 Å². The van der Waals surface area contributed by atoms with Gasteiger partial charge < -0.3 is 14.6 Å². The molecule has 1 atom stereocenters. The second-order valence-corrected chi connectivity index (χ2v) is 9.16. The molecule has 4 aromatic rings. The van der Waals surface area contributed by atoms with E-state index in [-0.39, 0.29) is 6.04 Å². The molecule has 0 saturated carbocycles. The van der Waals surface area contributed by atoms with Crippen LogP contribution in [0.2, 0.25) is 0 Å². The van der Waals surface area contributed by atoms with Crippen molar-refractivity contribution in [1.29, 1.82) is 0 Å². The maximum atomic E-state index is 5.87. The second kappa shape index (κ2) is 9.95. The van der Waals surface area contributed by atoms with Crippen LogP contribution in [0.5, 0.6) is 5.75 Å². The minimum absolute atomic E-state index is 0.231. The highest BCUT2D eigenvalue weighted by atomic mass is 32.1. The van der Waals surface area contributed by atoms with Crippen LogP contribution in [0.15, 0.2) is 83.0 Å². The number of allylic oxidation sites excluding steroid dienone is 1. The zero-order chi connectivity index (χ0) is 25.2. The van der Waals surface area contributed by atoms with Gasteiger partial charge in [0.1, 0.15) is 5.75 Å². The first-order valence-corrected chi connectivity index (χ1v) is 12.4. The van der Waals surface area contributed by atoms with Gasteiger partial charge in [0.2, 0.25) is 5.82 Å². The van der Waals surface area contributed by atoms with Crippen molar-refractivity contribution < 1.29 is 9.26 Å². The number of ether oxygens (including phenoxy) is 1. The average Bonchev–Trinajstić information content (AvgIpc) is 3.36. The molecule has 3 aromatic carbocycles. The molecule has 0 saturated heterocycles. The fraction of sp³-hybridized carbons (Fsp3) is 0.207. The van der Waals surface area contributed by atoms with E-state index in [4.69, 9.17) is 26.5 Å². The van der Waals surface area contributed by atoms with Crippen molar-refractivity contribution in [3.05, 3.63) is 101 Å². The normalized spacial score (nSPS) is 15.7. The van der Waals surface area contributed by atoms with Gasteiger partial charge in [-0.1, -0.05) is 41.6 Å². The highest BCUT2D eigenvalue weighted by molar-refractivity contribution is 7.80. The predicted octanol–water partition coefficient (Wildman–Crippen LogP) is 6.62. The number of aromatic nitrogens is 2. The van der Waals surface area contributed by atoms with Crippen LogP contribution in [0.25, 0.3) is 17.0 Å². The Balaban J connectivity index is 1.61. The first-order chi connectivity index (χ1) is 17.5. The van der Waals surface area contributed by atoms with Gasteiger partial charge >= 0.3 is 0 Å². The molecule has 1 N–H and O–H groups in total. The third kappa shape index (κ3) is 4.50. The Bertz CT molecular complexity index is 1430. The number of benzene rings is 3. The Labute approximate surface area is 216 Å². The van der Waals surface area contributed by atoms with E-state index >= 15 is 0 Å².